The average Bonchev–Trinajstić information content (AvgIpc) is 2.49. The predicted octanol–water partition coefficient (Wildman–Crippen LogP) is 3.70. The molecule has 1 aromatic rings. The molecule has 5 heteroatoms. The number of rotatable bonds is 8. The van der Waals surface area contributed by atoms with Gasteiger partial charge in [0.25, 0.3) is 0 Å². The minimum atomic E-state index is -0.349. The Morgan fingerprint density at radius 3 is 2.38 bits per heavy atom. The van der Waals surface area contributed by atoms with Crippen LogP contribution >= 0.6 is 0 Å². The molecule has 0 bridgehead atoms. The van der Waals surface area contributed by atoms with E-state index in [1.54, 1.807) is 7.11 Å². The Bertz CT molecular complexity index is 377. The van der Waals surface area contributed by atoms with Crippen molar-refractivity contribution in [1.82, 2.24) is 0 Å². The highest BCUT2D eigenvalue weighted by atomic mass is 17.0. The largest absolute Gasteiger partial charge is 0.382 e. The third-order valence-electron chi connectivity index (χ3n) is 3.18. The van der Waals surface area contributed by atoms with Gasteiger partial charge in [-0.25, -0.2) is 0 Å². The fourth-order valence-electron chi connectivity index (χ4n) is 1.75. The molecule has 0 aliphatic heterocycles. The molecule has 0 saturated carbocycles. The number of methoxy groups -OCH3 is 1. The highest BCUT2D eigenvalue weighted by Crippen LogP contribution is 2.27. The molecule has 2 N–H and O–H groups in total. The summed E-state index contributed by atoms with van der Waals surface area (Å²) in [5.74, 6) is 0.522. The van der Waals surface area contributed by atoms with E-state index >= 15 is 0 Å². The lowest BCUT2D eigenvalue weighted by atomic mass is 9.93. The summed E-state index contributed by atoms with van der Waals surface area (Å²) in [6.45, 7) is 9.94. The topological polar surface area (TPSA) is 68.2 Å². The van der Waals surface area contributed by atoms with Crippen molar-refractivity contribution in [2.75, 3.05) is 27.1 Å². The van der Waals surface area contributed by atoms with Gasteiger partial charge in [0.15, 0.2) is 0 Å². The summed E-state index contributed by atoms with van der Waals surface area (Å²) < 4.78 is 16.1. The lowest BCUT2D eigenvalue weighted by Gasteiger charge is -2.26. The van der Waals surface area contributed by atoms with E-state index in [2.05, 4.69) is 52.0 Å². The van der Waals surface area contributed by atoms with Crippen LogP contribution in [-0.4, -0.2) is 37.6 Å². The quantitative estimate of drug-likeness (QED) is 0.331. The molecule has 1 aromatic carbocycles. The maximum absolute atomic E-state index is 6.00. The Hall–Kier alpha value is -0.980. The highest BCUT2D eigenvalue weighted by Gasteiger charge is 2.21. The van der Waals surface area contributed by atoms with E-state index < -0.39 is 0 Å². The third kappa shape index (κ3) is 7.55. The molecule has 5 nitrogen and oxygen atoms in total. The first-order chi connectivity index (χ1) is 9.97. The molecule has 0 atom stereocenters. The van der Waals surface area contributed by atoms with Crippen molar-refractivity contribution in [2.24, 2.45) is 0 Å². The van der Waals surface area contributed by atoms with Gasteiger partial charge < -0.3 is 14.2 Å². The van der Waals surface area contributed by atoms with Crippen molar-refractivity contribution in [3.63, 3.8) is 0 Å². The molecule has 0 radical (unpaired) electrons. The molecular weight excluding hydrogens is 272 g/mol. The minimum absolute atomic E-state index is 0.280. The molecule has 21 heavy (non-hydrogen) atoms. The summed E-state index contributed by atoms with van der Waals surface area (Å²) in [6.07, 6.45) is 0. The van der Waals surface area contributed by atoms with Gasteiger partial charge in [-0.1, -0.05) is 38.1 Å². The molecule has 0 aliphatic carbocycles. The van der Waals surface area contributed by atoms with Gasteiger partial charge in [-0.2, -0.15) is 0 Å². The van der Waals surface area contributed by atoms with Crippen molar-refractivity contribution >= 4 is 0 Å². The van der Waals surface area contributed by atoms with E-state index in [9.17, 15) is 0 Å². The molecule has 0 unspecified atom stereocenters. The Balaban J connectivity index is 0.00000191. The van der Waals surface area contributed by atoms with Crippen LogP contribution in [0.3, 0.4) is 0 Å². The summed E-state index contributed by atoms with van der Waals surface area (Å²) in [5, 5.41) is 12.0. The maximum Gasteiger partial charge on any atom is 0.148 e. The second kappa shape index (κ2) is 10.7. The van der Waals surface area contributed by atoms with Crippen molar-refractivity contribution in [2.45, 2.75) is 39.2 Å². The molecule has 1 rings (SSSR count). The SMILES string of the molecule is COCCOCOC(C)(C)c1cccc(C(C)C)c1.OO. The van der Waals surface area contributed by atoms with Crippen LogP contribution in [0.1, 0.15) is 44.7 Å². The molecule has 0 aliphatic rings. The van der Waals surface area contributed by atoms with Crippen LogP contribution in [0.5, 0.6) is 0 Å². The van der Waals surface area contributed by atoms with Gasteiger partial charge in [0.05, 0.1) is 18.8 Å². The molecule has 0 saturated heterocycles. The molecule has 0 amide bonds. The fourth-order valence-corrected chi connectivity index (χ4v) is 1.75. The monoisotopic (exact) mass is 300 g/mol. The van der Waals surface area contributed by atoms with Crippen molar-refractivity contribution in [1.29, 1.82) is 0 Å². The lowest BCUT2D eigenvalue weighted by molar-refractivity contribution is -0.176. The zero-order valence-electron chi connectivity index (χ0n) is 13.6. The maximum atomic E-state index is 6.00. The molecule has 0 spiro atoms. The highest BCUT2D eigenvalue weighted by molar-refractivity contribution is 5.29. The van der Waals surface area contributed by atoms with E-state index in [1.807, 2.05) is 0 Å². The fraction of sp³-hybridized carbons (Fsp3) is 0.625. The van der Waals surface area contributed by atoms with Crippen molar-refractivity contribution < 1.29 is 24.7 Å². The second-order valence-corrected chi connectivity index (χ2v) is 5.45. The second-order valence-electron chi connectivity index (χ2n) is 5.45. The van der Waals surface area contributed by atoms with Gasteiger partial charge in [0.1, 0.15) is 6.79 Å². The van der Waals surface area contributed by atoms with Crippen LogP contribution in [-0.2, 0) is 19.8 Å². The van der Waals surface area contributed by atoms with E-state index in [1.165, 1.54) is 11.1 Å². The molecule has 0 aromatic heterocycles. The molecular formula is C16H28O5. The molecule has 0 fully saturated rings. The number of hydrogen-bond donors (Lipinski definition) is 2. The van der Waals surface area contributed by atoms with Gasteiger partial charge >= 0.3 is 0 Å². The van der Waals surface area contributed by atoms with Crippen LogP contribution < -0.4 is 0 Å². The molecule has 122 valence electrons. The van der Waals surface area contributed by atoms with Gasteiger partial charge in [0.2, 0.25) is 0 Å². The zero-order valence-corrected chi connectivity index (χ0v) is 13.6. The summed E-state index contributed by atoms with van der Waals surface area (Å²) >= 11 is 0. The summed E-state index contributed by atoms with van der Waals surface area (Å²) in [6, 6.07) is 8.54. The van der Waals surface area contributed by atoms with Gasteiger partial charge in [-0.3, -0.25) is 10.5 Å². The van der Waals surface area contributed by atoms with Crippen LogP contribution in [0, 0.1) is 0 Å². The Kier molecular flexibility index (Phi) is 10.2. The summed E-state index contributed by atoms with van der Waals surface area (Å²) in [7, 11) is 1.66. The third-order valence-corrected chi connectivity index (χ3v) is 3.18. The smallest absolute Gasteiger partial charge is 0.148 e. The van der Waals surface area contributed by atoms with Gasteiger partial charge in [-0.05, 0) is 30.9 Å². The van der Waals surface area contributed by atoms with Crippen LogP contribution in [0.25, 0.3) is 0 Å². The minimum Gasteiger partial charge on any atom is -0.382 e. The van der Waals surface area contributed by atoms with E-state index in [-0.39, 0.29) is 12.4 Å². The van der Waals surface area contributed by atoms with Crippen molar-refractivity contribution in [3.05, 3.63) is 35.4 Å². The van der Waals surface area contributed by atoms with Crippen molar-refractivity contribution in [3.8, 4) is 0 Å². The summed E-state index contributed by atoms with van der Waals surface area (Å²) in [5.41, 5.74) is 2.15. The number of ether oxygens (including phenoxy) is 3. The first kappa shape index (κ1) is 20.0. The normalized spacial score (nSPS) is 11.2. The zero-order chi connectivity index (χ0) is 16.3. The number of benzene rings is 1. The van der Waals surface area contributed by atoms with E-state index in [0.29, 0.717) is 19.1 Å². The number of hydrogen-bond acceptors (Lipinski definition) is 5. The van der Waals surface area contributed by atoms with Gasteiger partial charge in [-0.15, -0.1) is 0 Å². The van der Waals surface area contributed by atoms with Crippen LogP contribution in [0.15, 0.2) is 24.3 Å². The lowest BCUT2D eigenvalue weighted by Crippen LogP contribution is -2.24. The Morgan fingerprint density at radius 2 is 1.81 bits per heavy atom. The van der Waals surface area contributed by atoms with E-state index in [0.717, 1.165) is 0 Å². The predicted molar refractivity (Wildman–Crippen MR) is 82.6 cm³/mol. The standard InChI is InChI=1S/C16H26O3.H2O2/c1-13(2)14-7-6-8-15(11-14)16(3,4)19-12-18-10-9-17-5;1-2/h6-8,11,13H,9-10,12H2,1-5H3;1-2H. The van der Waals surface area contributed by atoms with Crippen LogP contribution in [0.2, 0.25) is 0 Å². The molecule has 0 heterocycles. The summed E-state index contributed by atoms with van der Waals surface area (Å²) in [4.78, 5) is 0. The Labute approximate surface area is 127 Å². The van der Waals surface area contributed by atoms with Gasteiger partial charge in [0, 0.05) is 7.11 Å². The van der Waals surface area contributed by atoms with E-state index in [4.69, 9.17) is 24.7 Å². The van der Waals surface area contributed by atoms with Crippen LogP contribution in [0.4, 0.5) is 0 Å². The Morgan fingerprint density at radius 1 is 1.14 bits per heavy atom. The first-order valence-electron chi connectivity index (χ1n) is 6.98. The first-order valence-corrected chi connectivity index (χ1v) is 6.98. The average molecular weight is 300 g/mol.